The van der Waals surface area contributed by atoms with Crippen molar-refractivity contribution in [1.29, 1.82) is 5.26 Å². The van der Waals surface area contributed by atoms with Crippen LogP contribution in [-0.4, -0.2) is 0 Å². The Morgan fingerprint density at radius 2 is 2.06 bits per heavy atom. The van der Waals surface area contributed by atoms with Crippen LogP contribution in [0.15, 0.2) is 42.0 Å². The van der Waals surface area contributed by atoms with Gasteiger partial charge in [0, 0.05) is 0 Å². The van der Waals surface area contributed by atoms with E-state index in [1.54, 1.807) is 0 Å². The average molecular weight is 237 g/mol. The Hall–Kier alpha value is -1.81. The van der Waals surface area contributed by atoms with Gasteiger partial charge in [-0.3, -0.25) is 0 Å². The summed E-state index contributed by atoms with van der Waals surface area (Å²) < 4.78 is 0. The monoisotopic (exact) mass is 237 g/mol. The highest BCUT2D eigenvalue weighted by atomic mass is 14.2. The third-order valence-corrected chi connectivity index (χ3v) is 3.66. The van der Waals surface area contributed by atoms with Crippen molar-refractivity contribution in [3.05, 3.63) is 53.1 Å². The summed E-state index contributed by atoms with van der Waals surface area (Å²) in [5.41, 5.74) is 3.33. The van der Waals surface area contributed by atoms with Gasteiger partial charge in [0.2, 0.25) is 0 Å². The van der Waals surface area contributed by atoms with E-state index in [2.05, 4.69) is 31.2 Å². The van der Waals surface area contributed by atoms with Gasteiger partial charge in [0.25, 0.3) is 0 Å². The molecule has 1 aromatic rings. The van der Waals surface area contributed by atoms with Crippen molar-refractivity contribution >= 4 is 6.08 Å². The summed E-state index contributed by atoms with van der Waals surface area (Å²) in [6, 6.07) is 9.85. The molecule has 0 amide bonds. The molecule has 1 heteroatoms. The number of rotatable bonds is 3. The second-order valence-electron chi connectivity index (χ2n) is 4.89. The van der Waals surface area contributed by atoms with E-state index in [1.165, 1.54) is 31.3 Å². The molecule has 0 saturated carbocycles. The van der Waals surface area contributed by atoms with Crippen molar-refractivity contribution in [2.24, 2.45) is 5.92 Å². The lowest BCUT2D eigenvalue weighted by Gasteiger charge is -2.18. The van der Waals surface area contributed by atoms with Gasteiger partial charge in [-0.05, 0) is 42.9 Å². The summed E-state index contributed by atoms with van der Waals surface area (Å²) in [4.78, 5) is 0. The molecule has 0 heterocycles. The van der Waals surface area contributed by atoms with Crippen LogP contribution in [0.4, 0.5) is 0 Å². The third-order valence-electron chi connectivity index (χ3n) is 3.66. The fourth-order valence-electron chi connectivity index (χ4n) is 2.30. The Morgan fingerprint density at radius 1 is 1.28 bits per heavy atom. The van der Waals surface area contributed by atoms with Gasteiger partial charge in [-0.1, -0.05) is 49.3 Å². The normalized spacial score (nSPS) is 19.6. The lowest BCUT2D eigenvalue weighted by molar-refractivity contribution is 0.459. The van der Waals surface area contributed by atoms with E-state index < -0.39 is 0 Å². The van der Waals surface area contributed by atoms with E-state index in [4.69, 9.17) is 5.26 Å². The fourth-order valence-corrected chi connectivity index (χ4v) is 2.30. The molecule has 0 fully saturated rings. The van der Waals surface area contributed by atoms with Gasteiger partial charge in [-0.25, -0.2) is 0 Å². The molecule has 0 radical (unpaired) electrons. The first-order valence-corrected chi connectivity index (χ1v) is 6.69. The zero-order valence-corrected chi connectivity index (χ0v) is 10.9. The minimum atomic E-state index is 0.717. The Labute approximate surface area is 109 Å². The van der Waals surface area contributed by atoms with Gasteiger partial charge >= 0.3 is 0 Å². The third kappa shape index (κ3) is 3.34. The molecular weight excluding hydrogens is 218 g/mol. The number of hydrogen-bond donors (Lipinski definition) is 0. The molecule has 1 atom stereocenters. The topological polar surface area (TPSA) is 23.8 Å². The number of benzene rings is 1. The van der Waals surface area contributed by atoms with Crippen molar-refractivity contribution in [2.75, 3.05) is 0 Å². The highest BCUT2D eigenvalue weighted by Gasteiger charge is 2.10. The molecule has 1 aromatic carbocycles. The molecule has 1 aliphatic rings. The first kappa shape index (κ1) is 12.6. The second kappa shape index (κ2) is 6.21. The summed E-state index contributed by atoms with van der Waals surface area (Å²) in [5.74, 6) is 0.886. The molecule has 92 valence electrons. The van der Waals surface area contributed by atoms with E-state index in [0.29, 0.717) is 0 Å². The molecule has 1 aliphatic carbocycles. The van der Waals surface area contributed by atoms with Gasteiger partial charge in [-0.15, -0.1) is 0 Å². The van der Waals surface area contributed by atoms with Crippen molar-refractivity contribution in [3.8, 4) is 6.07 Å². The number of nitriles is 1. The van der Waals surface area contributed by atoms with Gasteiger partial charge in [-0.2, -0.15) is 5.26 Å². The molecule has 1 nitrogen and oxygen atoms in total. The molecule has 0 N–H and O–H groups in total. The van der Waals surface area contributed by atoms with Gasteiger partial charge in [0.05, 0.1) is 11.6 Å². The summed E-state index contributed by atoms with van der Waals surface area (Å²) in [6.07, 6.45) is 11.8. The molecule has 0 saturated heterocycles. The highest BCUT2D eigenvalue weighted by Crippen LogP contribution is 2.26. The Morgan fingerprint density at radius 3 is 2.61 bits per heavy atom. The lowest BCUT2D eigenvalue weighted by atomic mass is 9.88. The second-order valence-corrected chi connectivity index (χ2v) is 4.89. The van der Waals surface area contributed by atoms with E-state index in [1.807, 2.05) is 24.3 Å². The summed E-state index contributed by atoms with van der Waals surface area (Å²) in [7, 11) is 0. The van der Waals surface area contributed by atoms with Crippen LogP contribution >= 0.6 is 0 Å². The first-order valence-electron chi connectivity index (χ1n) is 6.69. The van der Waals surface area contributed by atoms with Gasteiger partial charge < -0.3 is 0 Å². The fraction of sp³-hybridized carbons (Fsp3) is 0.353. The highest BCUT2D eigenvalue weighted by molar-refractivity contribution is 5.54. The molecule has 0 aromatic heterocycles. The van der Waals surface area contributed by atoms with Crippen molar-refractivity contribution < 1.29 is 0 Å². The average Bonchev–Trinajstić information content (AvgIpc) is 2.46. The van der Waals surface area contributed by atoms with Crippen LogP contribution in [-0.2, 0) is 0 Å². The lowest BCUT2D eigenvalue weighted by Crippen LogP contribution is -2.03. The van der Waals surface area contributed by atoms with Crippen LogP contribution in [0.2, 0.25) is 0 Å². The standard InChI is InChI=1S/C17H19N/c1-2-14-3-5-15(6-4-14)7-8-16-9-11-17(13-18)12-10-16/h5,7-12,14H,2-4,6H2,1H3/b8-7+. The minimum Gasteiger partial charge on any atom is -0.192 e. The maximum Gasteiger partial charge on any atom is 0.0991 e. The van der Waals surface area contributed by atoms with Crippen molar-refractivity contribution in [3.63, 3.8) is 0 Å². The minimum absolute atomic E-state index is 0.717. The van der Waals surface area contributed by atoms with Crippen LogP contribution in [0.1, 0.15) is 43.7 Å². The molecule has 0 spiro atoms. The van der Waals surface area contributed by atoms with Crippen LogP contribution in [0.5, 0.6) is 0 Å². The maximum atomic E-state index is 8.73. The smallest absolute Gasteiger partial charge is 0.0991 e. The molecular formula is C17H19N. The number of hydrogen-bond acceptors (Lipinski definition) is 1. The Kier molecular flexibility index (Phi) is 4.36. The Balaban J connectivity index is 1.99. The van der Waals surface area contributed by atoms with Gasteiger partial charge in [0.1, 0.15) is 0 Å². The molecule has 1 unspecified atom stereocenters. The van der Waals surface area contributed by atoms with E-state index >= 15 is 0 Å². The van der Waals surface area contributed by atoms with E-state index in [9.17, 15) is 0 Å². The van der Waals surface area contributed by atoms with Crippen LogP contribution in [0, 0.1) is 17.2 Å². The van der Waals surface area contributed by atoms with Gasteiger partial charge in [0.15, 0.2) is 0 Å². The Bertz CT molecular complexity index is 485. The molecule has 2 rings (SSSR count). The first-order chi connectivity index (χ1) is 8.81. The number of allylic oxidation sites excluding steroid dienone is 3. The van der Waals surface area contributed by atoms with Crippen molar-refractivity contribution in [2.45, 2.75) is 32.6 Å². The van der Waals surface area contributed by atoms with Crippen LogP contribution in [0.3, 0.4) is 0 Å². The maximum absolute atomic E-state index is 8.73. The largest absolute Gasteiger partial charge is 0.192 e. The van der Waals surface area contributed by atoms with E-state index in [0.717, 1.165) is 17.0 Å². The molecule has 0 bridgehead atoms. The molecule has 18 heavy (non-hydrogen) atoms. The number of nitrogens with zero attached hydrogens (tertiary/aromatic N) is 1. The zero-order chi connectivity index (χ0) is 12.8. The SMILES string of the molecule is CCC1CC=C(/C=C/c2ccc(C#N)cc2)CC1. The summed E-state index contributed by atoms with van der Waals surface area (Å²) in [6.45, 7) is 2.27. The van der Waals surface area contributed by atoms with Crippen LogP contribution in [0.25, 0.3) is 6.08 Å². The summed E-state index contributed by atoms with van der Waals surface area (Å²) in [5, 5.41) is 8.73. The predicted octanol–water partition coefficient (Wildman–Crippen LogP) is 4.71. The van der Waals surface area contributed by atoms with Crippen molar-refractivity contribution in [1.82, 2.24) is 0 Å². The van der Waals surface area contributed by atoms with E-state index in [-0.39, 0.29) is 0 Å². The zero-order valence-electron chi connectivity index (χ0n) is 10.9. The van der Waals surface area contributed by atoms with Crippen LogP contribution < -0.4 is 0 Å². The summed E-state index contributed by atoms with van der Waals surface area (Å²) >= 11 is 0. The predicted molar refractivity (Wildman–Crippen MR) is 75.9 cm³/mol. The molecule has 0 aliphatic heterocycles. The quantitative estimate of drug-likeness (QED) is 0.747.